The average Bonchev–Trinajstić information content (AvgIpc) is 2.64. The summed E-state index contributed by atoms with van der Waals surface area (Å²) in [5.41, 5.74) is 0. The Balaban J connectivity index is 1.95. The molecule has 0 aromatic carbocycles. The van der Waals surface area contributed by atoms with Gasteiger partial charge >= 0.3 is 6.03 Å². The summed E-state index contributed by atoms with van der Waals surface area (Å²) in [5.74, 6) is 0.714. The fraction of sp³-hybridized carbons (Fsp3) is 0.857. The van der Waals surface area contributed by atoms with Gasteiger partial charge in [-0.2, -0.15) is 0 Å². The van der Waals surface area contributed by atoms with Crippen LogP contribution < -0.4 is 0 Å². The normalized spacial score (nSPS) is 29.1. The van der Waals surface area contributed by atoms with E-state index < -0.39 is 0 Å². The van der Waals surface area contributed by atoms with Gasteiger partial charge in [-0.3, -0.25) is 4.79 Å². The number of carbonyl (C=O) groups excluding carboxylic acids is 2. The fourth-order valence-corrected chi connectivity index (χ4v) is 3.26. The van der Waals surface area contributed by atoms with Crippen molar-refractivity contribution in [1.29, 1.82) is 0 Å². The number of likely N-dealkylation sites (N-methyl/N-ethyl adjacent to an activating group) is 1. The first kappa shape index (κ1) is 14.3. The summed E-state index contributed by atoms with van der Waals surface area (Å²) in [4.78, 5) is 29.3. The third-order valence-electron chi connectivity index (χ3n) is 4.42. The molecule has 2 saturated heterocycles. The van der Waals surface area contributed by atoms with Gasteiger partial charge in [0, 0.05) is 33.1 Å². The maximum atomic E-state index is 12.2. The zero-order chi connectivity index (χ0) is 14.0. The van der Waals surface area contributed by atoms with Crippen LogP contribution in [-0.2, 0) is 4.79 Å². The molecule has 19 heavy (non-hydrogen) atoms. The van der Waals surface area contributed by atoms with Crippen LogP contribution in [0.4, 0.5) is 4.79 Å². The highest BCUT2D eigenvalue weighted by molar-refractivity contribution is 5.79. The minimum absolute atomic E-state index is 0.0828. The highest BCUT2D eigenvalue weighted by Gasteiger charge is 2.39. The molecule has 2 rings (SSSR count). The molecule has 0 aromatic rings. The number of carbonyl (C=O) groups is 2. The van der Waals surface area contributed by atoms with Crippen molar-refractivity contribution >= 4 is 11.8 Å². The van der Waals surface area contributed by atoms with Gasteiger partial charge < -0.3 is 14.7 Å². The smallest absolute Gasteiger partial charge is 0.320 e. The van der Waals surface area contributed by atoms with E-state index in [-0.39, 0.29) is 11.8 Å². The van der Waals surface area contributed by atoms with Crippen LogP contribution in [0.2, 0.25) is 0 Å². The zero-order valence-corrected chi connectivity index (χ0v) is 12.3. The minimum atomic E-state index is 0.0828. The van der Waals surface area contributed by atoms with Crippen LogP contribution >= 0.6 is 0 Å². The number of piperidine rings is 1. The molecule has 0 aromatic heterocycles. The molecule has 0 radical (unpaired) electrons. The number of nitrogens with zero attached hydrogens (tertiary/aromatic N) is 3. The second kappa shape index (κ2) is 5.90. The Kier molecular flexibility index (Phi) is 4.45. The molecule has 2 unspecified atom stereocenters. The highest BCUT2D eigenvalue weighted by Crippen LogP contribution is 2.27. The molecular weight excluding hydrogens is 242 g/mol. The Morgan fingerprint density at radius 2 is 2.05 bits per heavy atom. The van der Waals surface area contributed by atoms with Gasteiger partial charge in [-0.1, -0.05) is 0 Å². The van der Waals surface area contributed by atoms with Crippen LogP contribution in [0.25, 0.3) is 0 Å². The zero-order valence-electron chi connectivity index (χ0n) is 12.3. The average molecular weight is 267 g/mol. The minimum Gasteiger partial charge on any atom is -0.323 e. The summed E-state index contributed by atoms with van der Waals surface area (Å²) >= 11 is 0. The third kappa shape index (κ3) is 3.26. The monoisotopic (exact) mass is 267 g/mol. The second-order valence-corrected chi connectivity index (χ2v) is 6.02. The first-order valence-corrected chi connectivity index (χ1v) is 7.18. The van der Waals surface area contributed by atoms with Crippen LogP contribution in [0.1, 0.15) is 26.2 Å². The molecule has 2 fully saturated rings. The number of ketones is 1. The first-order valence-electron chi connectivity index (χ1n) is 7.18. The maximum absolute atomic E-state index is 12.2. The summed E-state index contributed by atoms with van der Waals surface area (Å²) < 4.78 is 0. The van der Waals surface area contributed by atoms with Crippen molar-refractivity contribution in [2.75, 3.05) is 40.3 Å². The van der Waals surface area contributed by atoms with Crippen molar-refractivity contribution < 1.29 is 9.59 Å². The third-order valence-corrected chi connectivity index (χ3v) is 4.42. The van der Waals surface area contributed by atoms with E-state index in [1.165, 1.54) is 12.8 Å². The van der Waals surface area contributed by atoms with E-state index in [1.807, 2.05) is 16.8 Å². The number of Topliss-reactive ketones (excluding diaryl/α,β-unsaturated/α-hetero) is 1. The lowest BCUT2D eigenvalue weighted by Crippen LogP contribution is -2.44. The van der Waals surface area contributed by atoms with Crippen LogP contribution in [0.15, 0.2) is 0 Å². The van der Waals surface area contributed by atoms with Gasteiger partial charge in [-0.15, -0.1) is 0 Å². The van der Waals surface area contributed by atoms with Crippen molar-refractivity contribution in [2.45, 2.75) is 32.2 Å². The molecule has 0 bridgehead atoms. The molecule has 0 spiro atoms. The number of rotatable bonds is 4. The Morgan fingerprint density at radius 1 is 1.32 bits per heavy atom. The second-order valence-electron chi connectivity index (χ2n) is 6.02. The summed E-state index contributed by atoms with van der Waals surface area (Å²) in [6.07, 6.45) is 2.89. The van der Waals surface area contributed by atoms with Crippen molar-refractivity contribution in [3.05, 3.63) is 0 Å². The lowest BCUT2D eigenvalue weighted by atomic mass is 9.90. The molecule has 0 aliphatic carbocycles. The first-order chi connectivity index (χ1) is 8.99. The molecule has 2 atom stereocenters. The number of amides is 2. The summed E-state index contributed by atoms with van der Waals surface area (Å²) in [5, 5.41) is 0. The quantitative estimate of drug-likeness (QED) is 0.764. The molecule has 0 saturated carbocycles. The van der Waals surface area contributed by atoms with E-state index in [0.717, 1.165) is 19.6 Å². The topological polar surface area (TPSA) is 43.9 Å². The Labute approximate surface area is 115 Å². The fourth-order valence-electron chi connectivity index (χ4n) is 3.26. The van der Waals surface area contributed by atoms with E-state index in [9.17, 15) is 9.59 Å². The molecule has 2 amide bonds. The SMILES string of the molecule is CC(=O)CCN1CC(C2CCCN(C)C2)N(C)C1=O. The van der Waals surface area contributed by atoms with E-state index >= 15 is 0 Å². The number of hydrogen-bond acceptors (Lipinski definition) is 3. The van der Waals surface area contributed by atoms with Gasteiger partial charge in [0.15, 0.2) is 0 Å². The van der Waals surface area contributed by atoms with Crippen LogP contribution in [0.3, 0.4) is 0 Å². The molecule has 5 heteroatoms. The van der Waals surface area contributed by atoms with Crippen LogP contribution in [0.5, 0.6) is 0 Å². The number of hydrogen-bond donors (Lipinski definition) is 0. The summed E-state index contributed by atoms with van der Waals surface area (Å²) in [6, 6.07) is 0.390. The highest BCUT2D eigenvalue weighted by atomic mass is 16.2. The molecule has 0 N–H and O–H groups in total. The predicted molar refractivity (Wildman–Crippen MR) is 74.0 cm³/mol. The van der Waals surface area contributed by atoms with Crippen molar-refractivity contribution in [3.8, 4) is 0 Å². The molecule has 108 valence electrons. The van der Waals surface area contributed by atoms with Crippen molar-refractivity contribution in [1.82, 2.24) is 14.7 Å². The predicted octanol–water partition coefficient (Wildman–Crippen LogP) is 1.04. The maximum Gasteiger partial charge on any atom is 0.320 e. The Hall–Kier alpha value is -1.10. The number of likely N-dealkylation sites (tertiary alicyclic amines) is 1. The van der Waals surface area contributed by atoms with Crippen molar-refractivity contribution in [2.24, 2.45) is 5.92 Å². The standard InChI is InChI=1S/C14H25N3O2/c1-11(18)6-8-17-10-13(16(3)14(17)19)12-5-4-7-15(2)9-12/h12-13H,4-10H2,1-3H3. The lowest BCUT2D eigenvalue weighted by Gasteiger charge is -2.35. The van der Waals surface area contributed by atoms with E-state index in [2.05, 4.69) is 11.9 Å². The summed E-state index contributed by atoms with van der Waals surface area (Å²) in [7, 11) is 4.05. The van der Waals surface area contributed by atoms with E-state index in [1.54, 1.807) is 6.92 Å². The number of urea groups is 1. The van der Waals surface area contributed by atoms with Gasteiger partial charge in [0.05, 0.1) is 6.04 Å². The van der Waals surface area contributed by atoms with Crippen molar-refractivity contribution in [3.63, 3.8) is 0 Å². The van der Waals surface area contributed by atoms with Gasteiger partial charge in [-0.25, -0.2) is 4.79 Å². The molecule has 2 aliphatic heterocycles. The largest absolute Gasteiger partial charge is 0.323 e. The van der Waals surface area contributed by atoms with Gasteiger partial charge in [-0.05, 0) is 39.3 Å². The van der Waals surface area contributed by atoms with Gasteiger partial charge in [0.1, 0.15) is 5.78 Å². The summed E-state index contributed by atoms with van der Waals surface area (Å²) in [6.45, 7) is 5.16. The lowest BCUT2D eigenvalue weighted by molar-refractivity contribution is -0.117. The van der Waals surface area contributed by atoms with E-state index in [4.69, 9.17) is 0 Å². The Bertz CT molecular complexity index is 359. The molecule has 2 heterocycles. The molecule has 2 aliphatic rings. The molecule has 5 nitrogen and oxygen atoms in total. The molecular formula is C14H25N3O2. The van der Waals surface area contributed by atoms with Gasteiger partial charge in [0.25, 0.3) is 0 Å². The van der Waals surface area contributed by atoms with Crippen LogP contribution in [0, 0.1) is 5.92 Å². The van der Waals surface area contributed by atoms with E-state index in [0.29, 0.717) is 24.9 Å². The van der Waals surface area contributed by atoms with Gasteiger partial charge in [0.2, 0.25) is 0 Å². The Morgan fingerprint density at radius 3 is 2.68 bits per heavy atom. The van der Waals surface area contributed by atoms with Crippen LogP contribution in [-0.4, -0.2) is 72.8 Å².